The van der Waals surface area contributed by atoms with Crippen LogP contribution in [0.5, 0.6) is 11.5 Å². The summed E-state index contributed by atoms with van der Waals surface area (Å²) in [4.78, 5) is 14.5. The Kier molecular flexibility index (Phi) is 4.18. The average Bonchev–Trinajstić information content (AvgIpc) is 2.46. The number of rotatable bonds is 5. The second-order valence-electron chi connectivity index (χ2n) is 5.05. The van der Waals surface area contributed by atoms with Gasteiger partial charge in [0.05, 0.1) is 5.69 Å². The monoisotopic (exact) mass is 278 g/mol. The van der Waals surface area contributed by atoms with E-state index in [1.54, 1.807) is 23.1 Å². The van der Waals surface area contributed by atoms with Gasteiger partial charge in [0, 0.05) is 12.6 Å². The van der Waals surface area contributed by atoms with E-state index >= 15 is 0 Å². The standard InChI is InChI=1S/C15H22N2O3/c1-3-15(4-2)14(19)17(9-5-8-16)12-10-11(18)6-7-13(12)20-15/h6-7,10,18H,3-5,8-9,16H2,1-2H3. The molecule has 2 rings (SSSR count). The molecule has 1 aliphatic rings. The van der Waals surface area contributed by atoms with Crippen molar-refractivity contribution >= 4 is 11.6 Å². The van der Waals surface area contributed by atoms with Crippen molar-refractivity contribution in [2.45, 2.75) is 38.7 Å². The minimum absolute atomic E-state index is 0.0472. The molecule has 0 aromatic heterocycles. The van der Waals surface area contributed by atoms with Crippen molar-refractivity contribution in [3.63, 3.8) is 0 Å². The van der Waals surface area contributed by atoms with E-state index in [0.29, 0.717) is 43.8 Å². The topological polar surface area (TPSA) is 75.8 Å². The highest BCUT2D eigenvalue weighted by atomic mass is 16.5. The number of hydrogen-bond donors (Lipinski definition) is 2. The largest absolute Gasteiger partial charge is 0.508 e. The lowest BCUT2D eigenvalue weighted by molar-refractivity contribution is -0.136. The van der Waals surface area contributed by atoms with E-state index in [-0.39, 0.29) is 11.7 Å². The van der Waals surface area contributed by atoms with Gasteiger partial charge in [0.15, 0.2) is 5.60 Å². The number of hydrogen-bond acceptors (Lipinski definition) is 4. The predicted octanol–water partition coefficient (Wildman–Crippen LogP) is 2.03. The van der Waals surface area contributed by atoms with Gasteiger partial charge in [0.25, 0.3) is 5.91 Å². The third-order valence-corrected chi connectivity index (χ3v) is 3.90. The highest BCUT2D eigenvalue weighted by molar-refractivity contribution is 6.03. The Balaban J connectivity index is 2.47. The maximum absolute atomic E-state index is 12.8. The van der Waals surface area contributed by atoms with Crippen LogP contribution in [0, 0.1) is 0 Å². The summed E-state index contributed by atoms with van der Waals surface area (Å²) in [6.45, 7) is 4.96. The molecule has 0 spiro atoms. The fraction of sp³-hybridized carbons (Fsp3) is 0.533. The zero-order valence-corrected chi connectivity index (χ0v) is 12.1. The third kappa shape index (κ3) is 2.33. The Morgan fingerprint density at radius 1 is 1.35 bits per heavy atom. The third-order valence-electron chi connectivity index (χ3n) is 3.90. The number of nitrogens with two attached hydrogens (primary N) is 1. The van der Waals surface area contributed by atoms with Gasteiger partial charge in [0.2, 0.25) is 0 Å². The molecule has 0 fully saturated rings. The summed E-state index contributed by atoms with van der Waals surface area (Å²) in [5.74, 6) is 0.718. The van der Waals surface area contributed by atoms with Crippen LogP contribution in [0.1, 0.15) is 33.1 Å². The van der Waals surface area contributed by atoms with Crippen molar-refractivity contribution in [1.82, 2.24) is 0 Å². The number of ether oxygens (including phenoxy) is 1. The van der Waals surface area contributed by atoms with E-state index in [4.69, 9.17) is 10.5 Å². The fourth-order valence-electron chi connectivity index (χ4n) is 2.58. The quantitative estimate of drug-likeness (QED) is 0.864. The Morgan fingerprint density at radius 3 is 2.65 bits per heavy atom. The number of nitrogens with zero attached hydrogens (tertiary/aromatic N) is 1. The van der Waals surface area contributed by atoms with Crippen LogP contribution in [0.15, 0.2) is 18.2 Å². The number of phenolic OH excluding ortho intramolecular Hbond substituents is 1. The van der Waals surface area contributed by atoms with Crippen molar-refractivity contribution in [3.8, 4) is 11.5 Å². The zero-order chi connectivity index (χ0) is 14.8. The lowest BCUT2D eigenvalue weighted by Crippen LogP contribution is -2.56. The maximum atomic E-state index is 12.8. The SMILES string of the molecule is CCC1(CC)Oc2ccc(O)cc2N(CCCN)C1=O. The summed E-state index contributed by atoms with van der Waals surface area (Å²) < 4.78 is 5.96. The Labute approximate surface area is 119 Å². The van der Waals surface area contributed by atoms with Gasteiger partial charge >= 0.3 is 0 Å². The van der Waals surface area contributed by atoms with Crippen LogP contribution < -0.4 is 15.4 Å². The van der Waals surface area contributed by atoms with E-state index in [1.165, 1.54) is 0 Å². The molecule has 0 atom stereocenters. The van der Waals surface area contributed by atoms with Crippen molar-refractivity contribution in [2.24, 2.45) is 5.73 Å². The molecule has 1 heterocycles. The summed E-state index contributed by atoms with van der Waals surface area (Å²) in [6, 6.07) is 4.86. The van der Waals surface area contributed by atoms with Crippen LogP contribution in [0.4, 0.5) is 5.69 Å². The van der Waals surface area contributed by atoms with E-state index in [1.807, 2.05) is 13.8 Å². The highest BCUT2D eigenvalue weighted by Crippen LogP contribution is 2.42. The summed E-state index contributed by atoms with van der Waals surface area (Å²) in [7, 11) is 0. The Morgan fingerprint density at radius 2 is 2.05 bits per heavy atom. The maximum Gasteiger partial charge on any atom is 0.271 e. The minimum Gasteiger partial charge on any atom is -0.508 e. The van der Waals surface area contributed by atoms with E-state index in [0.717, 1.165) is 0 Å². The number of phenols is 1. The zero-order valence-electron chi connectivity index (χ0n) is 12.1. The van der Waals surface area contributed by atoms with Crippen LogP contribution in [0.3, 0.4) is 0 Å². The van der Waals surface area contributed by atoms with Gasteiger partial charge < -0.3 is 20.5 Å². The molecular weight excluding hydrogens is 256 g/mol. The molecule has 0 radical (unpaired) electrons. The summed E-state index contributed by atoms with van der Waals surface area (Å²) in [5.41, 5.74) is 5.37. The molecule has 0 aliphatic carbocycles. The molecule has 3 N–H and O–H groups in total. The number of benzene rings is 1. The van der Waals surface area contributed by atoms with Crippen LogP contribution in [-0.4, -0.2) is 29.7 Å². The number of anilines is 1. The lowest BCUT2D eigenvalue weighted by Gasteiger charge is -2.42. The van der Waals surface area contributed by atoms with Crippen molar-refractivity contribution in [3.05, 3.63) is 18.2 Å². The van der Waals surface area contributed by atoms with E-state index in [2.05, 4.69) is 0 Å². The van der Waals surface area contributed by atoms with Crippen molar-refractivity contribution in [2.75, 3.05) is 18.0 Å². The smallest absolute Gasteiger partial charge is 0.271 e. The van der Waals surface area contributed by atoms with Gasteiger partial charge in [-0.3, -0.25) is 4.79 Å². The second kappa shape index (κ2) is 5.71. The second-order valence-corrected chi connectivity index (χ2v) is 5.05. The predicted molar refractivity (Wildman–Crippen MR) is 78.1 cm³/mol. The first kappa shape index (κ1) is 14.7. The summed E-state index contributed by atoms with van der Waals surface area (Å²) in [6.07, 6.45) is 1.94. The molecule has 5 heteroatoms. The first-order chi connectivity index (χ1) is 9.57. The molecule has 1 aliphatic heterocycles. The molecule has 0 bridgehead atoms. The molecular formula is C15H22N2O3. The van der Waals surface area contributed by atoms with Gasteiger partial charge in [-0.05, 0) is 37.9 Å². The highest BCUT2D eigenvalue weighted by Gasteiger charge is 2.45. The number of amides is 1. The van der Waals surface area contributed by atoms with Gasteiger partial charge in [-0.25, -0.2) is 0 Å². The van der Waals surface area contributed by atoms with Gasteiger partial charge in [-0.1, -0.05) is 13.8 Å². The Bertz CT molecular complexity index is 498. The molecule has 20 heavy (non-hydrogen) atoms. The molecule has 5 nitrogen and oxygen atoms in total. The summed E-state index contributed by atoms with van der Waals surface area (Å²) in [5, 5.41) is 9.64. The molecule has 0 saturated heterocycles. The Hall–Kier alpha value is -1.75. The fourth-order valence-corrected chi connectivity index (χ4v) is 2.58. The minimum atomic E-state index is -0.807. The van der Waals surface area contributed by atoms with Crippen LogP contribution in [0.2, 0.25) is 0 Å². The van der Waals surface area contributed by atoms with Gasteiger partial charge in [-0.15, -0.1) is 0 Å². The van der Waals surface area contributed by atoms with Crippen LogP contribution >= 0.6 is 0 Å². The molecule has 110 valence electrons. The first-order valence-electron chi connectivity index (χ1n) is 7.12. The van der Waals surface area contributed by atoms with Crippen molar-refractivity contribution in [1.29, 1.82) is 0 Å². The van der Waals surface area contributed by atoms with Gasteiger partial charge in [0.1, 0.15) is 11.5 Å². The normalized spacial score (nSPS) is 16.8. The number of aromatic hydroxyl groups is 1. The van der Waals surface area contributed by atoms with E-state index in [9.17, 15) is 9.90 Å². The molecule has 0 unspecified atom stereocenters. The van der Waals surface area contributed by atoms with Crippen LogP contribution in [-0.2, 0) is 4.79 Å². The average molecular weight is 278 g/mol. The summed E-state index contributed by atoms with van der Waals surface area (Å²) >= 11 is 0. The number of fused-ring (bicyclic) bond motifs is 1. The van der Waals surface area contributed by atoms with E-state index < -0.39 is 5.60 Å². The molecule has 1 aromatic rings. The lowest BCUT2D eigenvalue weighted by atomic mass is 9.92. The molecule has 0 saturated carbocycles. The van der Waals surface area contributed by atoms with Crippen LogP contribution in [0.25, 0.3) is 0 Å². The first-order valence-corrected chi connectivity index (χ1v) is 7.12. The number of carbonyl (C=O) groups is 1. The van der Waals surface area contributed by atoms with Gasteiger partial charge in [-0.2, -0.15) is 0 Å². The number of carbonyl (C=O) groups excluding carboxylic acids is 1. The molecule has 1 amide bonds. The van der Waals surface area contributed by atoms with Crippen molar-refractivity contribution < 1.29 is 14.6 Å². The molecule has 1 aromatic carbocycles.